The van der Waals surface area contributed by atoms with E-state index in [1.807, 2.05) is 13.0 Å². The van der Waals surface area contributed by atoms with Crippen LogP contribution in [0.25, 0.3) is 0 Å². The maximum Gasteiger partial charge on any atom is 0.320 e. The molecule has 0 N–H and O–H groups in total. The number of benzene rings is 1. The van der Waals surface area contributed by atoms with Gasteiger partial charge in [0.05, 0.1) is 24.7 Å². The Morgan fingerprint density at radius 3 is 1.85 bits per heavy atom. The van der Waals surface area contributed by atoms with E-state index in [2.05, 4.69) is 6.07 Å². The number of esters is 2. The number of nitrogens with zero attached hydrogens (tertiary/aromatic N) is 2. The zero-order chi connectivity index (χ0) is 20.8. The molecule has 0 saturated heterocycles. The van der Waals surface area contributed by atoms with Crippen molar-refractivity contribution in [2.24, 2.45) is 0 Å². The van der Waals surface area contributed by atoms with E-state index < -0.39 is 23.1 Å². The smallest absolute Gasteiger partial charge is 0.320 e. The summed E-state index contributed by atoms with van der Waals surface area (Å²) in [6.45, 7) is 12.9. The fraction of sp³-hybridized carbons (Fsp3) is 0.571. The van der Waals surface area contributed by atoms with E-state index in [0.717, 1.165) is 11.1 Å². The molecule has 0 aliphatic heterocycles. The Morgan fingerprint density at radius 1 is 0.963 bits per heavy atom. The Balaban J connectivity index is 2.96. The third-order valence-electron chi connectivity index (χ3n) is 3.22. The van der Waals surface area contributed by atoms with Crippen LogP contribution in [0.15, 0.2) is 18.2 Å². The number of carbonyl (C=O) groups is 2. The molecule has 1 aromatic rings. The maximum absolute atomic E-state index is 12.2. The standard InChI is InChI=1S/C21H30N2O4/c1-15-8-16(11-22)10-17(9-15)12-23(13-18(24)26-20(2,3)4)14-19(25)27-21(5,6)7/h8-10H,12-14H2,1-7H3. The molecule has 6 nitrogen and oxygen atoms in total. The van der Waals surface area contributed by atoms with Crippen LogP contribution in [0.2, 0.25) is 0 Å². The van der Waals surface area contributed by atoms with Crippen molar-refractivity contribution in [1.82, 2.24) is 4.90 Å². The Bertz CT molecular complexity index is 691. The molecule has 0 amide bonds. The fourth-order valence-electron chi connectivity index (χ4n) is 2.56. The second-order valence-electron chi connectivity index (χ2n) is 8.64. The lowest BCUT2D eigenvalue weighted by molar-refractivity contribution is -0.160. The molecule has 1 aromatic carbocycles. The number of rotatable bonds is 6. The van der Waals surface area contributed by atoms with Gasteiger partial charge in [-0.05, 0) is 71.7 Å². The van der Waals surface area contributed by atoms with Crippen molar-refractivity contribution in [1.29, 1.82) is 5.26 Å². The number of carbonyl (C=O) groups excluding carboxylic acids is 2. The van der Waals surface area contributed by atoms with Gasteiger partial charge in [0.2, 0.25) is 0 Å². The molecular formula is C21H30N2O4. The first-order valence-corrected chi connectivity index (χ1v) is 8.94. The van der Waals surface area contributed by atoms with E-state index in [1.54, 1.807) is 58.6 Å². The molecule has 0 bridgehead atoms. The monoisotopic (exact) mass is 374 g/mol. The normalized spacial score (nSPS) is 11.8. The predicted molar refractivity (Wildman–Crippen MR) is 103 cm³/mol. The Hall–Kier alpha value is -2.39. The maximum atomic E-state index is 12.2. The average molecular weight is 374 g/mol. The van der Waals surface area contributed by atoms with Gasteiger partial charge >= 0.3 is 11.9 Å². The van der Waals surface area contributed by atoms with Crippen LogP contribution >= 0.6 is 0 Å². The molecule has 1 rings (SSSR count). The van der Waals surface area contributed by atoms with Crippen molar-refractivity contribution >= 4 is 11.9 Å². The molecule has 0 aromatic heterocycles. The average Bonchev–Trinajstić information content (AvgIpc) is 2.41. The van der Waals surface area contributed by atoms with Gasteiger partial charge in [-0.15, -0.1) is 0 Å². The molecule has 0 aliphatic carbocycles. The molecule has 0 atom stereocenters. The van der Waals surface area contributed by atoms with Gasteiger partial charge in [-0.1, -0.05) is 6.07 Å². The van der Waals surface area contributed by atoms with Gasteiger partial charge in [0.25, 0.3) is 0 Å². The molecule has 0 saturated carbocycles. The Labute approximate surface area is 162 Å². The summed E-state index contributed by atoms with van der Waals surface area (Å²) < 4.78 is 10.7. The highest BCUT2D eigenvalue weighted by Crippen LogP contribution is 2.14. The van der Waals surface area contributed by atoms with Crippen LogP contribution in [0.3, 0.4) is 0 Å². The first-order chi connectivity index (χ1) is 12.3. The lowest BCUT2D eigenvalue weighted by Crippen LogP contribution is -2.39. The van der Waals surface area contributed by atoms with E-state index in [4.69, 9.17) is 14.7 Å². The van der Waals surface area contributed by atoms with Crippen LogP contribution in [0.5, 0.6) is 0 Å². The summed E-state index contributed by atoms with van der Waals surface area (Å²) in [6.07, 6.45) is 0. The number of aryl methyl sites for hydroxylation is 1. The van der Waals surface area contributed by atoms with Crippen LogP contribution < -0.4 is 0 Å². The van der Waals surface area contributed by atoms with Gasteiger partial charge in [-0.3, -0.25) is 14.5 Å². The van der Waals surface area contributed by atoms with Crippen molar-refractivity contribution in [3.63, 3.8) is 0 Å². The second kappa shape index (κ2) is 9.01. The van der Waals surface area contributed by atoms with Crippen molar-refractivity contribution in [3.8, 4) is 6.07 Å². The number of hydrogen-bond acceptors (Lipinski definition) is 6. The summed E-state index contributed by atoms with van der Waals surface area (Å²) in [5.41, 5.74) is 1.12. The third kappa shape index (κ3) is 9.76. The second-order valence-corrected chi connectivity index (χ2v) is 8.64. The van der Waals surface area contributed by atoms with Crippen molar-refractivity contribution in [2.75, 3.05) is 13.1 Å². The number of hydrogen-bond donors (Lipinski definition) is 0. The first-order valence-electron chi connectivity index (χ1n) is 8.94. The summed E-state index contributed by atoms with van der Waals surface area (Å²) >= 11 is 0. The van der Waals surface area contributed by atoms with Crippen molar-refractivity contribution in [2.45, 2.75) is 66.2 Å². The molecule has 0 heterocycles. The lowest BCUT2D eigenvalue weighted by atomic mass is 10.1. The molecule has 148 valence electrons. The van der Waals surface area contributed by atoms with Crippen LogP contribution in [0, 0.1) is 18.3 Å². The molecule has 0 unspecified atom stereocenters. The summed E-state index contributed by atoms with van der Waals surface area (Å²) in [7, 11) is 0. The zero-order valence-corrected chi connectivity index (χ0v) is 17.4. The SMILES string of the molecule is Cc1cc(C#N)cc(CN(CC(=O)OC(C)(C)C)CC(=O)OC(C)(C)C)c1. The quantitative estimate of drug-likeness (QED) is 0.711. The van der Waals surface area contributed by atoms with Crippen molar-refractivity contribution in [3.05, 3.63) is 34.9 Å². The van der Waals surface area contributed by atoms with Crippen LogP contribution in [0.1, 0.15) is 58.2 Å². The lowest BCUT2D eigenvalue weighted by Gasteiger charge is -2.26. The molecular weight excluding hydrogens is 344 g/mol. The minimum atomic E-state index is -0.605. The Morgan fingerprint density at radius 2 is 1.44 bits per heavy atom. The number of ether oxygens (including phenoxy) is 2. The summed E-state index contributed by atoms with van der Waals surface area (Å²) in [5, 5.41) is 9.15. The molecule has 0 radical (unpaired) electrons. The molecule has 0 fully saturated rings. The van der Waals surface area contributed by atoms with Gasteiger partial charge in [0.1, 0.15) is 11.2 Å². The van der Waals surface area contributed by atoms with Crippen molar-refractivity contribution < 1.29 is 19.1 Å². The highest BCUT2D eigenvalue weighted by molar-refractivity contribution is 5.75. The number of nitriles is 1. The fourth-order valence-corrected chi connectivity index (χ4v) is 2.56. The van der Waals surface area contributed by atoms with Gasteiger partial charge < -0.3 is 9.47 Å². The zero-order valence-electron chi connectivity index (χ0n) is 17.4. The molecule has 27 heavy (non-hydrogen) atoms. The topological polar surface area (TPSA) is 79.6 Å². The minimum absolute atomic E-state index is 0.0493. The van der Waals surface area contributed by atoms with Crippen LogP contribution in [-0.2, 0) is 25.6 Å². The van der Waals surface area contributed by atoms with E-state index in [1.165, 1.54) is 0 Å². The van der Waals surface area contributed by atoms with Gasteiger partial charge in [0, 0.05) is 6.54 Å². The van der Waals surface area contributed by atoms with Gasteiger partial charge in [-0.2, -0.15) is 5.26 Å². The van der Waals surface area contributed by atoms with Gasteiger partial charge in [-0.25, -0.2) is 0 Å². The molecule has 0 aliphatic rings. The highest BCUT2D eigenvalue weighted by atomic mass is 16.6. The van der Waals surface area contributed by atoms with E-state index in [0.29, 0.717) is 12.1 Å². The van der Waals surface area contributed by atoms with Crippen LogP contribution in [0.4, 0.5) is 0 Å². The largest absolute Gasteiger partial charge is 0.459 e. The summed E-state index contributed by atoms with van der Waals surface area (Å²) in [4.78, 5) is 26.2. The first kappa shape index (κ1) is 22.7. The Kier molecular flexibility index (Phi) is 7.55. The predicted octanol–water partition coefficient (Wildman–Crippen LogP) is 3.35. The third-order valence-corrected chi connectivity index (χ3v) is 3.22. The summed E-state index contributed by atoms with van der Waals surface area (Å²) in [5.74, 6) is -0.835. The molecule has 6 heteroatoms. The van der Waals surface area contributed by atoms with Crippen LogP contribution in [-0.4, -0.2) is 41.1 Å². The van der Waals surface area contributed by atoms with E-state index >= 15 is 0 Å². The van der Waals surface area contributed by atoms with Gasteiger partial charge in [0.15, 0.2) is 0 Å². The minimum Gasteiger partial charge on any atom is -0.459 e. The summed E-state index contributed by atoms with van der Waals surface area (Å²) in [6, 6.07) is 7.59. The van der Waals surface area contributed by atoms with E-state index in [-0.39, 0.29) is 13.1 Å². The highest BCUT2D eigenvalue weighted by Gasteiger charge is 2.23. The molecule has 0 spiro atoms. The van der Waals surface area contributed by atoms with E-state index in [9.17, 15) is 9.59 Å².